The van der Waals surface area contributed by atoms with Gasteiger partial charge in [0.2, 0.25) is 15.9 Å². The molecule has 2 atom stereocenters. The van der Waals surface area contributed by atoms with Crippen LogP contribution in [0.4, 0.5) is 14.6 Å². The molecule has 0 bridgehead atoms. The molecule has 1 N–H and O–H groups in total. The third kappa shape index (κ3) is 4.62. The maximum atomic E-state index is 13.6. The monoisotopic (exact) mass is 503 g/mol. The largest absolute Gasteiger partial charge is 0.497 e. The molecule has 5 rings (SSSR count). The van der Waals surface area contributed by atoms with E-state index in [1.54, 1.807) is 42.4 Å². The summed E-state index contributed by atoms with van der Waals surface area (Å²) in [6, 6.07) is 8.63. The fraction of sp³-hybridized carbons (Fsp3) is 0.417. The highest BCUT2D eigenvalue weighted by molar-refractivity contribution is 7.89. The Morgan fingerprint density at radius 1 is 1.20 bits per heavy atom. The van der Waals surface area contributed by atoms with E-state index in [4.69, 9.17) is 4.74 Å². The van der Waals surface area contributed by atoms with Gasteiger partial charge in [-0.05, 0) is 35.6 Å². The Morgan fingerprint density at radius 2 is 1.89 bits per heavy atom. The number of aryl methyl sites for hydroxylation is 1. The second kappa shape index (κ2) is 8.56. The molecule has 3 aromatic rings. The fourth-order valence-electron chi connectivity index (χ4n) is 4.85. The van der Waals surface area contributed by atoms with E-state index in [0.29, 0.717) is 22.8 Å². The van der Waals surface area contributed by atoms with Crippen molar-refractivity contribution in [2.24, 2.45) is 18.9 Å². The average molecular weight is 504 g/mol. The average Bonchev–Trinajstić information content (AvgIpc) is 3.13. The number of imidazole rings is 1. The molecule has 186 valence electrons. The molecule has 1 aromatic carbocycles. The summed E-state index contributed by atoms with van der Waals surface area (Å²) in [6.45, 7) is 0.172. The Balaban J connectivity index is 1.41. The Labute approximate surface area is 203 Å². The minimum atomic E-state index is -3.86. The highest BCUT2D eigenvalue weighted by Gasteiger charge is 2.63. The van der Waals surface area contributed by atoms with Crippen molar-refractivity contribution in [3.05, 3.63) is 54.6 Å². The van der Waals surface area contributed by atoms with E-state index in [9.17, 15) is 17.2 Å². The number of rotatable bonds is 8. The Hall–Kier alpha value is -3.05. The normalized spacial score (nSPS) is 22.7. The van der Waals surface area contributed by atoms with Crippen LogP contribution < -0.4 is 10.1 Å². The van der Waals surface area contributed by atoms with E-state index >= 15 is 0 Å². The van der Waals surface area contributed by atoms with Crippen molar-refractivity contribution in [3.63, 3.8) is 0 Å². The Kier molecular flexibility index (Phi) is 5.79. The Morgan fingerprint density at radius 3 is 2.49 bits per heavy atom. The summed E-state index contributed by atoms with van der Waals surface area (Å²) in [5.41, 5.74) is 1.87. The second-order valence-corrected chi connectivity index (χ2v) is 11.4. The van der Waals surface area contributed by atoms with E-state index in [-0.39, 0.29) is 42.2 Å². The van der Waals surface area contributed by atoms with Crippen LogP contribution in [0.1, 0.15) is 18.4 Å². The summed E-state index contributed by atoms with van der Waals surface area (Å²) in [4.78, 5) is 8.81. The minimum absolute atomic E-state index is 0.0299. The van der Waals surface area contributed by atoms with E-state index in [0.717, 1.165) is 5.56 Å². The molecule has 0 spiro atoms. The first-order valence-electron chi connectivity index (χ1n) is 11.3. The van der Waals surface area contributed by atoms with Gasteiger partial charge in [-0.25, -0.2) is 27.2 Å². The topological polar surface area (TPSA) is 89.4 Å². The van der Waals surface area contributed by atoms with Crippen LogP contribution in [-0.2, 0) is 23.6 Å². The van der Waals surface area contributed by atoms with Crippen molar-refractivity contribution >= 4 is 15.8 Å². The molecule has 11 heteroatoms. The van der Waals surface area contributed by atoms with Crippen LogP contribution in [0.15, 0.2) is 53.9 Å². The van der Waals surface area contributed by atoms with Gasteiger partial charge in [-0.3, -0.25) is 0 Å². The number of nitrogens with zero attached hydrogens (tertiary/aromatic N) is 4. The number of ether oxygens (including phenoxy) is 1. The zero-order valence-corrected chi connectivity index (χ0v) is 20.5. The summed E-state index contributed by atoms with van der Waals surface area (Å²) in [5, 5.41) is 3.28. The van der Waals surface area contributed by atoms with Gasteiger partial charge in [0.25, 0.3) is 0 Å². The molecule has 2 unspecified atom stereocenters. The number of hydrogen-bond acceptors (Lipinski definition) is 6. The quantitative estimate of drug-likeness (QED) is 0.504. The fourth-order valence-corrected chi connectivity index (χ4v) is 5.98. The van der Waals surface area contributed by atoms with Crippen LogP contribution in [0.3, 0.4) is 0 Å². The lowest BCUT2D eigenvalue weighted by atomic mass is 10.1. The third-order valence-electron chi connectivity index (χ3n) is 6.82. The molecule has 2 aliphatic carbocycles. The number of benzene rings is 1. The standard InChI is InChI=1S/C24H27F2N5O3S/c1-30-13-21(28-14-30)18-8-17(11-27-23(18)29-22-19-9-24(25,26)10-20(19)22)35(32,33)31(2)12-15-4-6-16(34-3)7-5-15/h4-8,11,13-14,19-20,22H,9-10,12H2,1-3H3,(H,27,29). The van der Waals surface area contributed by atoms with E-state index < -0.39 is 15.9 Å². The number of aromatic nitrogens is 3. The summed E-state index contributed by atoms with van der Waals surface area (Å²) in [5.74, 6) is -1.65. The summed E-state index contributed by atoms with van der Waals surface area (Å²) < 4.78 is 62.1. The highest BCUT2D eigenvalue weighted by Crippen LogP contribution is 2.59. The zero-order valence-electron chi connectivity index (χ0n) is 19.6. The minimum Gasteiger partial charge on any atom is -0.497 e. The van der Waals surface area contributed by atoms with Crippen LogP contribution in [0.25, 0.3) is 11.3 Å². The van der Waals surface area contributed by atoms with Gasteiger partial charge in [0.05, 0.1) is 19.1 Å². The number of fused-ring (bicyclic) bond motifs is 1. The lowest BCUT2D eigenvalue weighted by Gasteiger charge is -2.19. The van der Waals surface area contributed by atoms with Crippen LogP contribution in [0.2, 0.25) is 0 Å². The van der Waals surface area contributed by atoms with Crippen LogP contribution in [-0.4, -0.2) is 53.4 Å². The van der Waals surface area contributed by atoms with Gasteiger partial charge >= 0.3 is 0 Å². The SMILES string of the molecule is COc1ccc(CN(C)S(=O)(=O)c2cnc(NC3C4CC(F)(F)CC43)c(-c3cn(C)cn3)c2)cc1. The zero-order chi connectivity index (χ0) is 25.0. The number of pyridine rings is 1. The molecular formula is C24H27F2N5O3S. The first-order valence-corrected chi connectivity index (χ1v) is 12.7. The van der Waals surface area contributed by atoms with Gasteiger partial charge in [0.1, 0.15) is 16.5 Å². The molecule has 0 radical (unpaired) electrons. The molecule has 35 heavy (non-hydrogen) atoms. The lowest BCUT2D eigenvalue weighted by molar-refractivity contribution is -0.00448. The van der Waals surface area contributed by atoms with E-state index in [1.807, 2.05) is 19.2 Å². The summed E-state index contributed by atoms with van der Waals surface area (Å²) in [7, 11) is 1.04. The Bertz CT molecular complexity index is 1330. The molecule has 2 fully saturated rings. The number of sulfonamides is 1. The van der Waals surface area contributed by atoms with E-state index in [1.165, 1.54) is 17.5 Å². The number of halogens is 2. The van der Waals surface area contributed by atoms with Crippen LogP contribution in [0, 0.1) is 11.8 Å². The number of anilines is 1. The van der Waals surface area contributed by atoms with Crippen molar-refractivity contribution < 1.29 is 21.9 Å². The number of methoxy groups -OCH3 is 1. The molecule has 2 aromatic heterocycles. The van der Waals surface area contributed by atoms with Gasteiger partial charge in [0.15, 0.2) is 0 Å². The van der Waals surface area contributed by atoms with Crippen LogP contribution >= 0.6 is 0 Å². The summed E-state index contributed by atoms with van der Waals surface area (Å²) >= 11 is 0. The maximum absolute atomic E-state index is 13.6. The molecule has 0 saturated heterocycles. The van der Waals surface area contributed by atoms with Gasteiger partial charge in [0, 0.05) is 57.5 Å². The maximum Gasteiger partial charge on any atom is 0.248 e. The van der Waals surface area contributed by atoms with Crippen molar-refractivity contribution in [1.82, 2.24) is 18.8 Å². The van der Waals surface area contributed by atoms with Crippen molar-refractivity contribution in [2.75, 3.05) is 19.5 Å². The molecular weight excluding hydrogens is 476 g/mol. The second-order valence-electron chi connectivity index (χ2n) is 9.36. The molecule has 2 aliphatic rings. The highest BCUT2D eigenvalue weighted by atomic mass is 32.2. The molecule has 8 nitrogen and oxygen atoms in total. The molecule has 2 saturated carbocycles. The van der Waals surface area contributed by atoms with Gasteiger partial charge in [-0.15, -0.1) is 0 Å². The first kappa shape index (κ1) is 23.7. The molecule has 0 aliphatic heterocycles. The molecule has 2 heterocycles. The van der Waals surface area contributed by atoms with Gasteiger partial charge in [-0.2, -0.15) is 4.31 Å². The predicted octanol–water partition coefficient (Wildman–Crippen LogP) is 3.77. The first-order chi connectivity index (χ1) is 16.6. The number of alkyl halides is 2. The molecule has 0 amide bonds. The number of hydrogen-bond donors (Lipinski definition) is 1. The van der Waals surface area contributed by atoms with Gasteiger partial charge < -0.3 is 14.6 Å². The predicted molar refractivity (Wildman–Crippen MR) is 127 cm³/mol. The summed E-state index contributed by atoms with van der Waals surface area (Å²) in [6.07, 6.45) is 4.43. The van der Waals surface area contributed by atoms with Crippen molar-refractivity contribution in [3.8, 4) is 17.0 Å². The van der Waals surface area contributed by atoms with Crippen LogP contribution in [0.5, 0.6) is 5.75 Å². The van der Waals surface area contributed by atoms with Gasteiger partial charge in [-0.1, -0.05) is 12.1 Å². The smallest absolute Gasteiger partial charge is 0.248 e. The lowest BCUT2D eigenvalue weighted by Crippen LogP contribution is -2.27. The van der Waals surface area contributed by atoms with Crippen molar-refractivity contribution in [1.29, 1.82) is 0 Å². The number of nitrogens with one attached hydrogen (secondary N) is 1. The van der Waals surface area contributed by atoms with Crippen molar-refractivity contribution in [2.45, 2.75) is 36.2 Å². The van der Waals surface area contributed by atoms with E-state index in [2.05, 4.69) is 15.3 Å². The third-order valence-corrected chi connectivity index (χ3v) is 8.59.